The number of carbonyl (C=O) groups excluding carboxylic acids is 2. The van der Waals surface area contributed by atoms with E-state index in [9.17, 15) is 14.0 Å². The molecule has 0 aliphatic rings. The number of amides is 2. The Morgan fingerprint density at radius 3 is 2.52 bits per heavy atom. The van der Waals surface area contributed by atoms with Crippen LogP contribution in [0.15, 0.2) is 48.5 Å². The topological polar surface area (TPSA) is 58.6 Å². The van der Waals surface area contributed by atoms with E-state index in [4.69, 9.17) is 4.74 Å². The molecular weight excluding hydrogens is 371 g/mol. The van der Waals surface area contributed by atoms with Gasteiger partial charge in [-0.05, 0) is 49.6 Å². The van der Waals surface area contributed by atoms with Crippen molar-refractivity contribution in [2.75, 3.05) is 7.11 Å². The van der Waals surface area contributed by atoms with Gasteiger partial charge in [-0.2, -0.15) is 0 Å². The van der Waals surface area contributed by atoms with E-state index in [2.05, 4.69) is 5.32 Å². The molecule has 0 saturated carbocycles. The number of halogens is 1. The summed E-state index contributed by atoms with van der Waals surface area (Å²) in [6.07, 6.45) is 0.676. The molecule has 2 amide bonds. The van der Waals surface area contributed by atoms with E-state index in [1.165, 1.54) is 11.0 Å². The van der Waals surface area contributed by atoms with Crippen molar-refractivity contribution < 1.29 is 18.7 Å². The summed E-state index contributed by atoms with van der Waals surface area (Å²) < 4.78 is 19.3. The van der Waals surface area contributed by atoms with Gasteiger partial charge in [-0.25, -0.2) is 4.39 Å². The van der Waals surface area contributed by atoms with Gasteiger partial charge in [0.15, 0.2) is 0 Å². The number of hydrogen-bond acceptors (Lipinski definition) is 3. The summed E-state index contributed by atoms with van der Waals surface area (Å²) in [5, 5.41) is 2.92. The maximum atomic E-state index is 14.0. The zero-order valence-electron chi connectivity index (χ0n) is 17.4. The Hall–Kier alpha value is -2.89. The SMILES string of the molecule is CC[C@@H](C)NC(=O)[C@@H](C)N(Cc1cccc(OC)c1)C(=O)Cc1ccccc1F. The number of hydrogen-bond donors (Lipinski definition) is 1. The molecule has 2 aromatic rings. The van der Waals surface area contributed by atoms with Gasteiger partial charge in [0.25, 0.3) is 0 Å². The highest BCUT2D eigenvalue weighted by Crippen LogP contribution is 2.18. The number of ether oxygens (including phenoxy) is 1. The molecule has 0 spiro atoms. The van der Waals surface area contributed by atoms with Crippen molar-refractivity contribution in [3.63, 3.8) is 0 Å². The first-order valence-corrected chi connectivity index (χ1v) is 9.81. The lowest BCUT2D eigenvalue weighted by Crippen LogP contribution is -2.50. The van der Waals surface area contributed by atoms with Gasteiger partial charge >= 0.3 is 0 Å². The van der Waals surface area contributed by atoms with Crippen LogP contribution in [0.5, 0.6) is 5.75 Å². The standard InChI is InChI=1S/C23H29FN2O3/c1-5-16(2)25-23(28)17(3)26(15-18-9-8-11-20(13-18)29-4)22(27)14-19-10-6-7-12-21(19)24/h6-13,16-17H,5,14-15H2,1-4H3,(H,25,28)/t16-,17-/m1/s1. The lowest BCUT2D eigenvalue weighted by molar-refractivity contribution is -0.140. The second-order valence-corrected chi connectivity index (χ2v) is 7.14. The highest BCUT2D eigenvalue weighted by Gasteiger charge is 2.27. The minimum atomic E-state index is -0.700. The lowest BCUT2D eigenvalue weighted by atomic mass is 10.1. The van der Waals surface area contributed by atoms with Crippen LogP contribution in [0.1, 0.15) is 38.3 Å². The van der Waals surface area contributed by atoms with E-state index in [1.54, 1.807) is 32.2 Å². The molecule has 2 rings (SSSR count). The first-order chi connectivity index (χ1) is 13.8. The third kappa shape index (κ3) is 6.31. The number of rotatable bonds is 9. The Kier molecular flexibility index (Phi) is 8.19. The molecule has 156 valence electrons. The first-order valence-electron chi connectivity index (χ1n) is 9.81. The smallest absolute Gasteiger partial charge is 0.242 e. The molecule has 5 nitrogen and oxygen atoms in total. The van der Waals surface area contributed by atoms with Gasteiger partial charge in [0.1, 0.15) is 17.6 Å². The highest BCUT2D eigenvalue weighted by molar-refractivity contribution is 5.88. The predicted octanol–water partition coefficient (Wildman–Crippen LogP) is 3.71. The maximum Gasteiger partial charge on any atom is 0.242 e. The van der Waals surface area contributed by atoms with Crippen LogP contribution >= 0.6 is 0 Å². The first kappa shape index (κ1) is 22.4. The fraction of sp³-hybridized carbons (Fsp3) is 0.391. The van der Waals surface area contributed by atoms with E-state index < -0.39 is 11.9 Å². The molecule has 1 N–H and O–H groups in total. The largest absolute Gasteiger partial charge is 0.497 e. The summed E-state index contributed by atoms with van der Waals surface area (Å²) >= 11 is 0. The zero-order chi connectivity index (χ0) is 21.4. The van der Waals surface area contributed by atoms with Gasteiger partial charge in [-0.15, -0.1) is 0 Å². The third-order valence-electron chi connectivity index (χ3n) is 4.95. The lowest BCUT2D eigenvalue weighted by Gasteiger charge is -2.30. The van der Waals surface area contributed by atoms with Crippen LogP contribution in [0.25, 0.3) is 0 Å². The molecule has 0 bridgehead atoms. The third-order valence-corrected chi connectivity index (χ3v) is 4.95. The molecule has 0 aliphatic carbocycles. The van der Waals surface area contributed by atoms with E-state index in [-0.39, 0.29) is 30.8 Å². The number of carbonyl (C=O) groups is 2. The molecule has 0 unspecified atom stereocenters. The fourth-order valence-corrected chi connectivity index (χ4v) is 2.92. The molecular formula is C23H29FN2O3. The van der Waals surface area contributed by atoms with Gasteiger partial charge < -0.3 is 15.0 Å². The van der Waals surface area contributed by atoms with Crippen molar-refractivity contribution in [1.29, 1.82) is 0 Å². The molecule has 2 aromatic carbocycles. The van der Waals surface area contributed by atoms with E-state index in [0.717, 1.165) is 12.0 Å². The van der Waals surface area contributed by atoms with Crippen LogP contribution in [0, 0.1) is 5.82 Å². The summed E-state index contributed by atoms with van der Waals surface area (Å²) in [6.45, 7) is 5.81. The fourth-order valence-electron chi connectivity index (χ4n) is 2.92. The van der Waals surface area contributed by atoms with Gasteiger partial charge in [0.2, 0.25) is 11.8 Å². The molecule has 0 heterocycles. The summed E-state index contributed by atoms with van der Waals surface area (Å²) in [5.74, 6) is -0.312. The van der Waals surface area contributed by atoms with Crippen molar-refractivity contribution in [3.05, 3.63) is 65.5 Å². The zero-order valence-corrected chi connectivity index (χ0v) is 17.4. The molecule has 0 saturated heterocycles. The summed E-state index contributed by atoms with van der Waals surface area (Å²) in [4.78, 5) is 27.2. The van der Waals surface area contributed by atoms with Crippen LogP contribution in [-0.2, 0) is 22.6 Å². The molecule has 6 heteroatoms. The second kappa shape index (κ2) is 10.6. The molecule has 29 heavy (non-hydrogen) atoms. The predicted molar refractivity (Wildman–Crippen MR) is 111 cm³/mol. The Balaban J connectivity index is 2.26. The number of nitrogens with zero attached hydrogens (tertiary/aromatic N) is 1. The van der Waals surface area contributed by atoms with Crippen LogP contribution in [0.3, 0.4) is 0 Å². The quantitative estimate of drug-likeness (QED) is 0.698. The van der Waals surface area contributed by atoms with Crippen molar-refractivity contribution >= 4 is 11.8 Å². The monoisotopic (exact) mass is 400 g/mol. The van der Waals surface area contributed by atoms with E-state index >= 15 is 0 Å². The van der Waals surface area contributed by atoms with E-state index in [0.29, 0.717) is 11.3 Å². The number of benzene rings is 2. The number of methoxy groups -OCH3 is 1. The van der Waals surface area contributed by atoms with Crippen LogP contribution < -0.4 is 10.1 Å². The Labute approximate surface area is 171 Å². The normalized spacial score (nSPS) is 12.7. The highest BCUT2D eigenvalue weighted by atomic mass is 19.1. The van der Waals surface area contributed by atoms with Crippen molar-refractivity contribution in [2.24, 2.45) is 0 Å². The minimum Gasteiger partial charge on any atom is -0.497 e. The molecule has 0 fully saturated rings. The Bertz CT molecular complexity index is 840. The second-order valence-electron chi connectivity index (χ2n) is 7.14. The van der Waals surface area contributed by atoms with E-state index in [1.807, 2.05) is 38.1 Å². The van der Waals surface area contributed by atoms with Gasteiger partial charge in [0, 0.05) is 12.6 Å². The summed E-state index contributed by atoms with van der Waals surface area (Å²) in [5.41, 5.74) is 1.14. The van der Waals surface area contributed by atoms with Gasteiger partial charge in [0.05, 0.1) is 13.5 Å². The molecule has 2 atom stereocenters. The summed E-state index contributed by atoms with van der Waals surface area (Å²) in [6, 6.07) is 12.8. The van der Waals surface area contributed by atoms with Gasteiger partial charge in [-0.3, -0.25) is 9.59 Å². The average molecular weight is 400 g/mol. The van der Waals surface area contributed by atoms with Crippen LogP contribution in [0.2, 0.25) is 0 Å². The van der Waals surface area contributed by atoms with Gasteiger partial charge in [-0.1, -0.05) is 37.3 Å². The van der Waals surface area contributed by atoms with Crippen LogP contribution in [-0.4, -0.2) is 35.9 Å². The Morgan fingerprint density at radius 2 is 1.86 bits per heavy atom. The Morgan fingerprint density at radius 1 is 1.14 bits per heavy atom. The molecule has 0 radical (unpaired) electrons. The molecule has 0 aliphatic heterocycles. The summed E-state index contributed by atoms with van der Waals surface area (Å²) in [7, 11) is 1.57. The van der Waals surface area contributed by atoms with Crippen molar-refractivity contribution in [2.45, 2.75) is 52.2 Å². The minimum absolute atomic E-state index is 0.00490. The molecule has 0 aromatic heterocycles. The maximum absolute atomic E-state index is 14.0. The average Bonchev–Trinajstić information content (AvgIpc) is 2.73. The van der Waals surface area contributed by atoms with Crippen molar-refractivity contribution in [1.82, 2.24) is 10.2 Å². The van der Waals surface area contributed by atoms with Crippen molar-refractivity contribution in [3.8, 4) is 5.75 Å². The number of nitrogens with one attached hydrogen (secondary N) is 1. The van der Waals surface area contributed by atoms with Crippen LogP contribution in [0.4, 0.5) is 4.39 Å².